The molecular weight excluding hydrogens is 252 g/mol. The lowest BCUT2D eigenvalue weighted by Gasteiger charge is -2.25. The van der Waals surface area contributed by atoms with Crippen molar-refractivity contribution in [3.8, 4) is 0 Å². The molecule has 1 aromatic heterocycles. The zero-order valence-corrected chi connectivity index (χ0v) is 12.1. The van der Waals surface area contributed by atoms with Gasteiger partial charge in [-0.25, -0.2) is 0 Å². The molecule has 0 radical (unpaired) electrons. The van der Waals surface area contributed by atoms with Crippen molar-refractivity contribution in [1.82, 2.24) is 10.2 Å². The minimum absolute atomic E-state index is 0.0539. The number of rotatable bonds is 4. The third-order valence-corrected chi connectivity index (χ3v) is 4.40. The van der Waals surface area contributed by atoms with E-state index < -0.39 is 0 Å². The molecule has 4 nitrogen and oxygen atoms in total. The lowest BCUT2D eigenvalue weighted by molar-refractivity contribution is 0.0905. The van der Waals surface area contributed by atoms with Crippen LogP contribution in [0.3, 0.4) is 0 Å². The van der Waals surface area contributed by atoms with Gasteiger partial charge in [0.05, 0.1) is 6.54 Å². The molecule has 20 heavy (non-hydrogen) atoms. The normalized spacial score (nSPS) is 21.2. The Morgan fingerprint density at radius 2 is 1.90 bits per heavy atom. The van der Waals surface area contributed by atoms with E-state index in [1.165, 1.54) is 32.1 Å². The van der Waals surface area contributed by atoms with Crippen LogP contribution < -0.4 is 5.32 Å². The van der Waals surface area contributed by atoms with Crippen molar-refractivity contribution in [2.24, 2.45) is 0 Å². The number of carbonyl (C=O) groups is 1. The Bertz CT molecular complexity index is 443. The van der Waals surface area contributed by atoms with Gasteiger partial charge in [-0.2, -0.15) is 0 Å². The van der Waals surface area contributed by atoms with Crippen molar-refractivity contribution in [2.45, 2.75) is 57.5 Å². The molecule has 2 aliphatic rings. The largest absolute Gasteiger partial charge is 0.455 e. The van der Waals surface area contributed by atoms with Crippen LogP contribution in [0.25, 0.3) is 0 Å². The predicted octanol–water partition coefficient (Wildman–Crippen LogP) is 2.94. The molecule has 1 aliphatic heterocycles. The predicted molar refractivity (Wildman–Crippen MR) is 77.6 cm³/mol. The molecule has 0 bridgehead atoms. The zero-order valence-electron chi connectivity index (χ0n) is 12.1. The summed E-state index contributed by atoms with van der Waals surface area (Å²) < 4.78 is 5.70. The van der Waals surface area contributed by atoms with Crippen LogP contribution in [0.2, 0.25) is 0 Å². The van der Waals surface area contributed by atoms with Crippen LogP contribution in [-0.4, -0.2) is 29.9 Å². The van der Waals surface area contributed by atoms with E-state index in [4.69, 9.17) is 4.42 Å². The maximum atomic E-state index is 12.1. The molecule has 0 aromatic carbocycles. The Kier molecular flexibility index (Phi) is 4.41. The quantitative estimate of drug-likeness (QED) is 0.919. The average molecular weight is 276 g/mol. The first-order chi connectivity index (χ1) is 9.81. The second-order valence-electron chi connectivity index (χ2n) is 6.06. The fourth-order valence-electron chi connectivity index (χ4n) is 3.25. The van der Waals surface area contributed by atoms with Crippen LogP contribution >= 0.6 is 0 Å². The lowest BCUT2D eigenvalue weighted by atomic mass is 10.1. The Hall–Kier alpha value is -1.29. The molecule has 1 aliphatic carbocycles. The fourth-order valence-corrected chi connectivity index (χ4v) is 3.25. The van der Waals surface area contributed by atoms with Crippen LogP contribution in [0, 0.1) is 0 Å². The second kappa shape index (κ2) is 6.44. The van der Waals surface area contributed by atoms with Crippen molar-refractivity contribution in [3.05, 3.63) is 23.7 Å². The van der Waals surface area contributed by atoms with E-state index in [0.29, 0.717) is 11.8 Å². The minimum atomic E-state index is -0.0539. The summed E-state index contributed by atoms with van der Waals surface area (Å²) in [4.78, 5) is 14.5. The second-order valence-corrected chi connectivity index (χ2v) is 6.06. The van der Waals surface area contributed by atoms with Crippen LogP contribution in [0.1, 0.15) is 61.3 Å². The molecule has 1 aromatic rings. The van der Waals surface area contributed by atoms with Crippen LogP contribution in [0.15, 0.2) is 16.5 Å². The van der Waals surface area contributed by atoms with E-state index in [-0.39, 0.29) is 5.91 Å². The average Bonchev–Trinajstić information content (AvgIpc) is 3.11. The van der Waals surface area contributed by atoms with Crippen LogP contribution in [-0.2, 0) is 6.54 Å². The van der Waals surface area contributed by atoms with Crippen LogP contribution in [0.5, 0.6) is 0 Å². The van der Waals surface area contributed by atoms with Crippen molar-refractivity contribution < 1.29 is 9.21 Å². The van der Waals surface area contributed by atoms with Gasteiger partial charge in [0.2, 0.25) is 0 Å². The van der Waals surface area contributed by atoms with Crippen molar-refractivity contribution in [2.75, 3.05) is 13.1 Å². The van der Waals surface area contributed by atoms with Crippen molar-refractivity contribution in [3.63, 3.8) is 0 Å². The van der Waals surface area contributed by atoms with Gasteiger partial charge < -0.3 is 9.73 Å². The Balaban J connectivity index is 1.53. The Labute approximate surface area is 120 Å². The number of furan rings is 1. The van der Waals surface area contributed by atoms with E-state index in [1.54, 1.807) is 0 Å². The standard InChI is InChI=1S/C16H24N2O2/c19-16(17-13-6-2-3-7-13)15-9-8-14(20-15)12-18-10-4-1-5-11-18/h8-9,13H,1-7,10-12H2,(H,17,19). The highest BCUT2D eigenvalue weighted by Gasteiger charge is 2.20. The number of hydrogen-bond donors (Lipinski definition) is 1. The summed E-state index contributed by atoms with van der Waals surface area (Å²) in [6, 6.07) is 4.10. The summed E-state index contributed by atoms with van der Waals surface area (Å²) in [6.45, 7) is 3.12. The Morgan fingerprint density at radius 3 is 2.65 bits per heavy atom. The topological polar surface area (TPSA) is 45.5 Å². The van der Waals surface area contributed by atoms with Gasteiger partial charge in [0.15, 0.2) is 5.76 Å². The molecule has 2 fully saturated rings. The number of nitrogens with one attached hydrogen (secondary N) is 1. The number of piperidine rings is 1. The van der Waals surface area contributed by atoms with E-state index in [1.807, 2.05) is 12.1 Å². The number of likely N-dealkylation sites (tertiary alicyclic amines) is 1. The molecule has 2 heterocycles. The number of carbonyl (C=O) groups excluding carboxylic acids is 1. The first-order valence-electron chi connectivity index (χ1n) is 7.93. The Morgan fingerprint density at radius 1 is 1.15 bits per heavy atom. The first kappa shape index (κ1) is 13.7. The van der Waals surface area contributed by atoms with E-state index in [9.17, 15) is 4.79 Å². The number of nitrogens with zero attached hydrogens (tertiary/aromatic N) is 1. The maximum absolute atomic E-state index is 12.1. The monoisotopic (exact) mass is 276 g/mol. The van der Waals surface area contributed by atoms with Gasteiger partial charge in [-0.15, -0.1) is 0 Å². The minimum Gasteiger partial charge on any atom is -0.455 e. The van der Waals surface area contributed by atoms with Crippen molar-refractivity contribution in [1.29, 1.82) is 0 Å². The smallest absolute Gasteiger partial charge is 0.287 e. The van der Waals surface area contributed by atoms with Gasteiger partial charge in [-0.1, -0.05) is 19.3 Å². The van der Waals surface area contributed by atoms with Gasteiger partial charge >= 0.3 is 0 Å². The van der Waals surface area contributed by atoms with E-state index in [2.05, 4.69) is 10.2 Å². The molecular formula is C16H24N2O2. The van der Waals surface area contributed by atoms with Gasteiger partial charge in [0.1, 0.15) is 5.76 Å². The van der Waals surface area contributed by atoms with Gasteiger partial charge in [-0.05, 0) is 50.9 Å². The van der Waals surface area contributed by atoms with E-state index in [0.717, 1.165) is 38.2 Å². The first-order valence-corrected chi connectivity index (χ1v) is 7.93. The third kappa shape index (κ3) is 3.42. The molecule has 110 valence electrons. The number of hydrogen-bond acceptors (Lipinski definition) is 3. The summed E-state index contributed by atoms with van der Waals surface area (Å²) in [6.07, 6.45) is 8.54. The zero-order chi connectivity index (χ0) is 13.8. The lowest BCUT2D eigenvalue weighted by Crippen LogP contribution is -2.32. The molecule has 0 unspecified atom stereocenters. The van der Waals surface area contributed by atoms with Crippen LogP contribution in [0.4, 0.5) is 0 Å². The van der Waals surface area contributed by atoms with Gasteiger partial charge in [0, 0.05) is 6.04 Å². The highest BCUT2D eigenvalue weighted by atomic mass is 16.4. The summed E-state index contributed by atoms with van der Waals surface area (Å²) in [5.74, 6) is 1.31. The summed E-state index contributed by atoms with van der Waals surface area (Å²) in [7, 11) is 0. The number of amides is 1. The molecule has 1 amide bonds. The summed E-state index contributed by atoms with van der Waals surface area (Å²) in [5, 5.41) is 3.07. The highest BCUT2D eigenvalue weighted by Crippen LogP contribution is 2.19. The summed E-state index contributed by atoms with van der Waals surface area (Å²) in [5.41, 5.74) is 0. The van der Waals surface area contributed by atoms with Gasteiger partial charge in [0.25, 0.3) is 5.91 Å². The molecule has 1 N–H and O–H groups in total. The maximum Gasteiger partial charge on any atom is 0.287 e. The molecule has 0 atom stereocenters. The van der Waals surface area contributed by atoms with Crippen molar-refractivity contribution >= 4 is 5.91 Å². The molecule has 1 saturated heterocycles. The molecule has 4 heteroatoms. The SMILES string of the molecule is O=C(NC1CCCC1)c1ccc(CN2CCCCC2)o1. The summed E-state index contributed by atoms with van der Waals surface area (Å²) >= 11 is 0. The molecule has 0 spiro atoms. The van der Waals surface area contributed by atoms with E-state index >= 15 is 0 Å². The van der Waals surface area contributed by atoms with Gasteiger partial charge in [-0.3, -0.25) is 9.69 Å². The fraction of sp³-hybridized carbons (Fsp3) is 0.688. The highest BCUT2D eigenvalue weighted by molar-refractivity contribution is 5.91. The molecule has 3 rings (SSSR count). The molecule has 1 saturated carbocycles. The third-order valence-electron chi connectivity index (χ3n) is 4.40.